The molecule has 2 aromatic carbocycles. The molecule has 19 nitrogen and oxygen atoms in total. The van der Waals surface area contributed by atoms with Gasteiger partial charge in [0, 0.05) is 12.1 Å². The number of aromatic hydroxyl groups is 1. The number of phenols is 1. The summed E-state index contributed by atoms with van der Waals surface area (Å²) >= 11 is 0. The number of phenolic OH excluding ortho intramolecular Hbond substituents is 1. The van der Waals surface area contributed by atoms with Crippen LogP contribution >= 0.6 is 0 Å². The Hall–Kier alpha value is -3.25. The molecule has 0 bridgehead atoms. The van der Waals surface area contributed by atoms with Crippen molar-refractivity contribution in [1.29, 1.82) is 0 Å². The molecule has 0 aliphatic carbocycles. The first kappa shape index (κ1) is 38.5. The molecule has 288 valence electrons. The van der Waals surface area contributed by atoms with Gasteiger partial charge in [0.25, 0.3) is 0 Å². The topological polar surface area (TPSA) is 304 Å². The second-order valence-corrected chi connectivity index (χ2v) is 13.0. The number of ether oxygens (including phenoxy) is 7. The summed E-state index contributed by atoms with van der Waals surface area (Å²) in [5.41, 5.74) is 0.345. The number of Topliss-reactive ketones (excluding diaryl/α,β-unsaturated/α-hetero) is 1. The van der Waals surface area contributed by atoms with E-state index < -0.39 is 123 Å². The summed E-state index contributed by atoms with van der Waals surface area (Å²) in [6.45, 7) is 0.0222. The van der Waals surface area contributed by atoms with E-state index in [1.54, 1.807) is 12.1 Å². The Morgan fingerprint density at radius 3 is 1.90 bits per heavy atom. The molecule has 4 aliphatic heterocycles. The smallest absolute Gasteiger partial charge is 0.229 e. The van der Waals surface area contributed by atoms with E-state index in [1.807, 2.05) is 0 Å². The highest BCUT2D eigenvalue weighted by Crippen LogP contribution is 2.43. The fraction of sp³-hybridized carbons (Fsp3) is 0.606. The lowest BCUT2D eigenvalue weighted by molar-refractivity contribution is -0.354. The quantitative estimate of drug-likeness (QED) is 0.118. The maximum atomic E-state index is 13.2. The van der Waals surface area contributed by atoms with Gasteiger partial charge in [-0.1, -0.05) is 12.1 Å². The van der Waals surface area contributed by atoms with E-state index in [-0.39, 0.29) is 29.2 Å². The molecule has 0 saturated carbocycles. The van der Waals surface area contributed by atoms with Gasteiger partial charge >= 0.3 is 0 Å². The van der Waals surface area contributed by atoms with E-state index in [0.717, 1.165) is 6.07 Å². The van der Waals surface area contributed by atoms with Crippen LogP contribution in [-0.2, 0) is 18.9 Å². The van der Waals surface area contributed by atoms with Crippen molar-refractivity contribution in [2.45, 2.75) is 112 Å². The average Bonchev–Trinajstić information content (AvgIpc) is 3.12. The normalized spacial score (nSPS) is 40.8. The van der Waals surface area contributed by atoms with Gasteiger partial charge in [-0.3, -0.25) is 4.79 Å². The monoisotopic (exact) mass is 742 g/mol. The summed E-state index contributed by atoms with van der Waals surface area (Å²) in [6, 6.07) is 8.40. The summed E-state index contributed by atoms with van der Waals surface area (Å²) < 4.78 is 39.8. The molecule has 4 heterocycles. The van der Waals surface area contributed by atoms with Crippen molar-refractivity contribution in [2.24, 2.45) is 0 Å². The molecule has 16 atom stereocenters. The van der Waals surface area contributed by atoms with Gasteiger partial charge in [0.15, 0.2) is 18.2 Å². The van der Waals surface area contributed by atoms with Gasteiger partial charge in [0.05, 0.1) is 25.7 Å². The number of fused-ring (bicyclic) bond motifs is 1. The number of ketones is 1. The highest BCUT2D eigenvalue weighted by atomic mass is 16.8. The van der Waals surface area contributed by atoms with Gasteiger partial charge in [-0.05, 0) is 24.6 Å². The van der Waals surface area contributed by atoms with Crippen LogP contribution in [0.2, 0.25) is 0 Å². The molecular weight excluding hydrogens is 700 g/mol. The number of rotatable bonds is 9. The van der Waals surface area contributed by atoms with Gasteiger partial charge in [-0.25, -0.2) is 0 Å². The second kappa shape index (κ2) is 15.6. The highest BCUT2D eigenvalue weighted by Gasteiger charge is 2.51. The molecule has 19 heteroatoms. The van der Waals surface area contributed by atoms with Crippen LogP contribution in [0.1, 0.15) is 35.4 Å². The minimum atomic E-state index is -1.80. The molecule has 6 rings (SSSR count). The predicted molar refractivity (Wildman–Crippen MR) is 167 cm³/mol. The lowest BCUT2D eigenvalue weighted by Gasteiger charge is -2.45. The molecule has 0 spiro atoms. The third-order valence-electron chi connectivity index (χ3n) is 9.50. The maximum Gasteiger partial charge on any atom is 0.229 e. The van der Waals surface area contributed by atoms with E-state index in [0.29, 0.717) is 5.56 Å². The van der Waals surface area contributed by atoms with Gasteiger partial charge in [0.2, 0.25) is 12.6 Å². The van der Waals surface area contributed by atoms with Crippen molar-refractivity contribution in [1.82, 2.24) is 0 Å². The third-order valence-corrected chi connectivity index (χ3v) is 9.50. The number of carbonyl (C=O) groups excluding carboxylic acids is 1. The number of benzene rings is 2. The molecule has 3 saturated heterocycles. The first-order chi connectivity index (χ1) is 24.7. The number of hydrogen-bond donors (Lipinski definition) is 11. The number of hydrogen-bond acceptors (Lipinski definition) is 19. The Morgan fingerprint density at radius 1 is 0.673 bits per heavy atom. The van der Waals surface area contributed by atoms with Crippen LogP contribution in [0, 0.1) is 0 Å². The SMILES string of the molecule is C[C@@H]1O[C@@H](O[C@H]2[C@H](Oc3cc(O)c4c(c3)O[C@H](c3ccc(O[C@@H]5O[C@H](CO)[C@@H](O)[C@H](O)[C@H]5O)cc3)CC4=O)O[C@H](CO)[C@@H](O)[C@@H]2O)[C@H](O)[C@H](O)[C@H]1O. The number of carbonyl (C=O) groups is 1. The summed E-state index contributed by atoms with van der Waals surface area (Å²) in [5.74, 6) is -1.09. The Labute approximate surface area is 295 Å². The van der Waals surface area contributed by atoms with Crippen molar-refractivity contribution in [3.05, 3.63) is 47.5 Å². The van der Waals surface area contributed by atoms with Crippen LogP contribution < -0.4 is 14.2 Å². The molecule has 11 N–H and O–H groups in total. The van der Waals surface area contributed by atoms with Crippen molar-refractivity contribution in [2.75, 3.05) is 13.2 Å². The molecule has 52 heavy (non-hydrogen) atoms. The van der Waals surface area contributed by atoms with E-state index in [4.69, 9.17) is 33.2 Å². The van der Waals surface area contributed by atoms with Crippen LogP contribution in [0.15, 0.2) is 36.4 Å². The van der Waals surface area contributed by atoms with Crippen LogP contribution in [0.4, 0.5) is 0 Å². The zero-order chi connectivity index (χ0) is 37.6. The molecule has 2 aromatic rings. The van der Waals surface area contributed by atoms with E-state index >= 15 is 0 Å². The molecule has 3 fully saturated rings. The Balaban J connectivity index is 1.19. The summed E-state index contributed by atoms with van der Waals surface area (Å²) in [4.78, 5) is 13.2. The second-order valence-electron chi connectivity index (χ2n) is 13.0. The van der Waals surface area contributed by atoms with Gasteiger partial charge < -0.3 is 89.3 Å². The minimum Gasteiger partial charge on any atom is -0.507 e. The summed E-state index contributed by atoms with van der Waals surface area (Å²) in [7, 11) is 0. The van der Waals surface area contributed by atoms with Crippen molar-refractivity contribution >= 4 is 5.78 Å². The number of aliphatic hydroxyl groups is 10. The van der Waals surface area contributed by atoms with E-state index in [9.17, 15) is 61.0 Å². The van der Waals surface area contributed by atoms with Crippen molar-refractivity contribution in [3.63, 3.8) is 0 Å². The summed E-state index contributed by atoms with van der Waals surface area (Å²) in [6.07, 6.45) is -24.2. The van der Waals surface area contributed by atoms with E-state index in [2.05, 4.69) is 0 Å². The zero-order valence-electron chi connectivity index (χ0n) is 27.5. The van der Waals surface area contributed by atoms with Crippen molar-refractivity contribution in [3.8, 4) is 23.0 Å². The maximum absolute atomic E-state index is 13.2. The average molecular weight is 743 g/mol. The first-order valence-corrected chi connectivity index (χ1v) is 16.5. The molecular formula is C33H42O19. The fourth-order valence-electron chi connectivity index (χ4n) is 6.44. The van der Waals surface area contributed by atoms with Crippen LogP contribution in [0.3, 0.4) is 0 Å². The lowest BCUT2D eigenvalue weighted by atomic mass is 9.95. The van der Waals surface area contributed by atoms with Gasteiger partial charge in [0.1, 0.15) is 95.7 Å². The highest BCUT2D eigenvalue weighted by molar-refractivity contribution is 6.02. The van der Waals surface area contributed by atoms with Gasteiger partial charge in [-0.15, -0.1) is 0 Å². The van der Waals surface area contributed by atoms with Gasteiger partial charge in [-0.2, -0.15) is 0 Å². The van der Waals surface area contributed by atoms with Crippen LogP contribution in [-0.4, -0.2) is 167 Å². The largest absolute Gasteiger partial charge is 0.507 e. The molecule has 0 radical (unpaired) electrons. The fourth-order valence-corrected chi connectivity index (χ4v) is 6.44. The van der Waals surface area contributed by atoms with E-state index in [1.165, 1.54) is 25.1 Å². The Morgan fingerprint density at radius 2 is 1.25 bits per heavy atom. The predicted octanol–water partition coefficient (Wildman–Crippen LogP) is -3.69. The lowest BCUT2D eigenvalue weighted by Crippen LogP contribution is -2.64. The molecule has 4 aliphatic rings. The number of aliphatic hydroxyl groups excluding tert-OH is 10. The standard InChI is InChI=1S/C33H42O19/c1-11-22(38)25(41)28(44)31(46-11)52-30-27(43)24(40)20(10-35)51-33(30)48-14-6-15(36)21-16(37)8-17(49-18(21)7-14)12-2-4-13(5-3-12)47-32-29(45)26(42)23(39)19(9-34)50-32/h2-7,11,17,19-20,22-36,38-45H,8-10H2,1H3/t11-,17-,19+,20+,22-,23+,24+,25+,26-,27-,28+,29+,30+,31-,32+,33+/m0/s1. The third kappa shape index (κ3) is 7.43. The summed E-state index contributed by atoms with van der Waals surface area (Å²) in [5, 5.41) is 113. The van der Waals surface area contributed by atoms with Crippen molar-refractivity contribution < 1.29 is 94.1 Å². The van der Waals surface area contributed by atoms with Crippen LogP contribution in [0.25, 0.3) is 0 Å². The molecule has 0 aromatic heterocycles. The van der Waals surface area contributed by atoms with Crippen LogP contribution in [0.5, 0.6) is 23.0 Å². The molecule has 0 amide bonds. The molecule has 0 unspecified atom stereocenters. The Bertz CT molecular complexity index is 1540. The first-order valence-electron chi connectivity index (χ1n) is 16.5. The minimum absolute atomic E-state index is 0.0950. The Kier molecular flexibility index (Phi) is 11.6. The zero-order valence-corrected chi connectivity index (χ0v) is 27.5.